The van der Waals surface area contributed by atoms with Gasteiger partial charge in [-0.2, -0.15) is 0 Å². The van der Waals surface area contributed by atoms with Crippen LogP contribution >= 0.6 is 22.7 Å². The molecule has 0 radical (unpaired) electrons. The Kier molecular flexibility index (Phi) is 5.47. The van der Waals surface area contributed by atoms with Crippen LogP contribution in [0.4, 0.5) is 5.13 Å². The van der Waals surface area contributed by atoms with Crippen LogP contribution in [0.5, 0.6) is 0 Å². The van der Waals surface area contributed by atoms with Crippen molar-refractivity contribution in [2.45, 2.75) is 33.0 Å². The Balaban J connectivity index is 1.89. The van der Waals surface area contributed by atoms with Crippen molar-refractivity contribution in [3.8, 4) is 0 Å². The lowest BCUT2D eigenvalue weighted by molar-refractivity contribution is 0.0760. The number of hydrogen-bond acceptors (Lipinski definition) is 7. The summed E-state index contributed by atoms with van der Waals surface area (Å²) in [5, 5.41) is 3.76. The molecule has 0 aromatic carbocycles. The lowest BCUT2D eigenvalue weighted by atomic mass is 10.4. The van der Waals surface area contributed by atoms with Crippen LogP contribution in [-0.4, -0.2) is 28.5 Å². The number of hydrogen-bond donors (Lipinski definition) is 1. The second kappa shape index (κ2) is 7.12. The van der Waals surface area contributed by atoms with Gasteiger partial charge in [0.15, 0.2) is 5.13 Å². The van der Waals surface area contributed by atoms with E-state index < -0.39 is 0 Å². The molecule has 2 rings (SSSR count). The second-order valence-electron chi connectivity index (χ2n) is 4.61. The number of aromatic nitrogens is 2. The first-order valence-electron chi connectivity index (χ1n) is 6.53. The number of thiazole rings is 2. The molecule has 20 heavy (non-hydrogen) atoms. The third kappa shape index (κ3) is 4.24. The first kappa shape index (κ1) is 15.4. The van der Waals surface area contributed by atoms with Gasteiger partial charge >= 0.3 is 0 Å². The van der Waals surface area contributed by atoms with Crippen LogP contribution in [0.2, 0.25) is 0 Å². The fourth-order valence-corrected chi connectivity index (χ4v) is 3.48. The Morgan fingerprint density at radius 2 is 2.25 bits per heavy atom. The third-order valence-electron chi connectivity index (χ3n) is 2.76. The van der Waals surface area contributed by atoms with Crippen LogP contribution in [0.15, 0.2) is 11.6 Å². The van der Waals surface area contributed by atoms with E-state index in [9.17, 15) is 0 Å². The van der Waals surface area contributed by atoms with Crippen LogP contribution in [0, 0.1) is 0 Å². The number of ether oxygens (including phenoxy) is 1. The molecular weight excluding hydrogens is 292 g/mol. The van der Waals surface area contributed by atoms with Gasteiger partial charge in [0, 0.05) is 36.2 Å². The van der Waals surface area contributed by atoms with Gasteiger partial charge in [0.05, 0.1) is 5.69 Å². The van der Waals surface area contributed by atoms with Gasteiger partial charge < -0.3 is 10.5 Å². The Morgan fingerprint density at radius 3 is 2.90 bits per heavy atom. The second-order valence-corrected chi connectivity index (χ2v) is 6.65. The predicted molar refractivity (Wildman–Crippen MR) is 83.9 cm³/mol. The van der Waals surface area contributed by atoms with E-state index in [1.54, 1.807) is 11.3 Å². The zero-order valence-electron chi connectivity index (χ0n) is 12.0. The lowest BCUT2D eigenvalue weighted by Gasteiger charge is -2.13. The van der Waals surface area contributed by atoms with Crippen molar-refractivity contribution in [3.05, 3.63) is 27.2 Å². The summed E-state index contributed by atoms with van der Waals surface area (Å²) < 4.78 is 5.56. The van der Waals surface area contributed by atoms with Crippen molar-refractivity contribution >= 4 is 27.8 Å². The number of nitrogens with two attached hydrogens (primary N) is 1. The minimum Gasteiger partial charge on any atom is -0.375 e. The van der Waals surface area contributed by atoms with Crippen LogP contribution < -0.4 is 5.73 Å². The molecule has 5 nitrogen and oxygen atoms in total. The molecule has 0 aliphatic carbocycles. The molecule has 2 aromatic heterocycles. The highest BCUT2D eigenvalue weighted by Gasteiger charge is 2.12. The van der Waals surface area contributed by atoms with Crippen molar-refractivity contribution in [1.29, 1.82) is 0 Å². The van der Waals surface area contributed by atoms with Crippen molar-refractivity contribution in [2.24, 2.45) is 0 Å². The first-order chi connectivity index (χ1) is 9.58. The fourth-order valence-electron chi connectivity index (χ4n) is 1.90. The quantitative estimate of drug-likeness (QED) is 0.851. The monoisotopic (exact) mass is 312 g/mol. The van der Waals surface area contributed by atoms with Crippen LogP contribution in [-0.2, 0) is 17.8 Å². The van der Waals surface area contributed by atoms with Crippen molar-refractivity contribution in [1.82, 2.24) is 14.9 Å². The molecule has 2 aromatic rings. The Bertz CT molecular complexity index is 540. The van der Waals surface area contributed by atoms with Crippen LogP contribution in [0.1, 0.15) is 35.5 Å². The van der Waals surface area contributed by atoms with E-state index in [1.165, 1.54) is 16.2 Å². The van der Waals surface area contributed by atoms with Gasteiger partial charge in [-0.05, 0) is 20.9 Å². The molecule has 0 amide bonds. The van der Waals surface area contributed by atoms with E-state index in [0.29, 0.717) is 11.7 Å². The standard InChI is InChI=1S/C13H20N4OS2/c1-4-18-9(2)12-16-10(8-19-12)6-17(3)7-11-5-15-13(14)20-11/h5,8-9H,4,6-7H2,1-3H3,(H2,14,15). The van der Waals surface area contributed by atoms with Crippen molar-refractivity contribution in [2.75, 3.05) is 19.4 Å². The molecule has 0 fully saturated rings. The maximum Gasteiger partial charge on any atom is 0.180 e. The molecule has 2 heterocycles. The topological polar surface area (TPSA) is 64.3 Å². The summed E-state index contributed by atoms with van der Waals surface area (Å²) in [4.78, 5) is 12.1. The number of nitrogens with zero attached hydrogens (tertiary/aromatic N) is 3. The largest absolute Gasteiger partial charge is 0.375 e. The highest BCUT2D eigenvalue weighted by Crippen LogP contribution is 2.22. The van der Waals surface area contributed by atoms with E-state index in [1.807, 2.05) is 20.0 Å². The number of nitrogen functional groups attached to an aromatic ring is 1. The average molecular weight is 312 g/mol. The SMILES string of the molecule is CCOC(C)c1nc(CN(C)Cc2cnc(N)s2)cs1. The van der Waals surface area contributed by atoms with E-state index in [4.69, 9.17) is 10.5 Å². The minimum atomic E-state index is 0.0744. The summed E-state index contributed by atoms with van der Waals surface area (Å²) in [6.45, 7) is 6.40. The molecule has 0 aliphatic rings. The smallest absolute Gasteiger partial charge is 0.180 e. The first-order valence-corrected chi connectivity index (χ1v) is 8.22. The van der Waals surface area contributed by atoms with E-state index >= 15 is 0 Å². The Labute approximate surface area is 127 Å². The Morgan fingerprint density at radius 1 is 1.45 bits per heavy atom. The molecule has 0 saturated heterocycles. The van der Waals surface area contributed by atoms with Crippen molar-refractivity contribution < 1.29 is 4.74 Å². The molecule has 1 unspecified atom stereocenters. The van der Waals surface area contributed by atoms with Crippen molar-refractivity contribution in [3.63, 3.8) is 0 Å². The molecule has 2 N–H and O–H groups in total. The zero-order valence-corrected chi connectivity index (χ0v) is 13.6. The summed E-state index contributed by atoms with van der Waals surface area (Å²) in [5.41, 5.74) is 6.72. The molecule has 7 heteroatoms. The predicted octanol–water partition coefficient (Wildman–Crippen LogP) is 2.91. The van der Waals surface area contributed by atoms with E-state index in [0.717, 1.165) is 23.8 Å². The maximum atomic E-state index is 5.64. The molecular formula is C13H20N4OS2. The fraction of sp³-hybridized carbons (Fsp3) is 0.538. The minimum absolute atomic E-state index is 0.0744. The summed E-state index contributed by atoms with van der Waals surface area (Å²) in [6, 6.07) is 0. The molecule has 0 aliphatic heterocycles. The summed E-state index contributed by atoms with van der Waals surface area (Å²) in [7, 11) is 2.07. The summed E-state index contributed by atoms with van der Waals surface area (Å²) >= 11 is 3.19. The Hall–Kier alpha value is -1.02. The number of rotatable bonds is 7. The average Bonchev–Trinajstić information content (AvgIpc) is 2.99. The van der Waals surface area contributed by atoms with E-state index in [-0.39, 0.29) is 6.10 Å². The highest BCUT2D eigenvalue weighted by molar-refractivity contribution is 7.15. The van der Waals surface area contributed by atoms with Gasteiger partial charge in [0.2, 0.25) is 0 Å². The third-order valence-corrected chi connectivity index (χ3v) is 4.63. The van der Waals surface area contributed by atoms with Gasteiger partial charge in [-0.15, -0.1) is 22.7 Å². The van der Waals surface area contributed by atoms with Crippen LogP contribution in [0.3, 0.4) is 0 Å². The molecule has 0 saturated carbocycles. The van der Waals surface area contributed by atoms with Gasteiger partial charge in [-0.25, -0.2) is 9.97 Å². The van der Waals surface area contributed by atoms with Gasteiger partial charge in [-0.3, -0.25) is 4.90 Å². The zero-order chi connectivity index (χ0) is 14.5. The summed E-state index contributed by atoms with van der Waals surface area (Å²) in [6.07, 6.45) is 1.91. The number of anilines is 1. The lowest BCUT2D eigenvalue weighted by Crippen LogP contribution is -2.16. The molecule has 110 valence electrons. The van der Waals surface area contributed by atoms with Crippen LogP contribution in [0.25, 0.3) is 0 Å². The highest BCUT2D eigenvalue weighted by atomic mass is 32.1. The van der Waals surface area contributed by atoms with Gasteiger partial charge in [0.25, 0.3) is 0 Å². The summed E-state index contributed by atoms with van der Waals surface area (Å²) in [5.74, 6) is 0. The van der Waals surface area contributed by atoms with E-state index in [2.05, 4.69) is 27.3 Å². The van der Waals surface area contributed by atoms with Gasteiger partial charge in [-0.1, -0.05) is 0 Å². The molecule has 0 spiro atoms. The normalized spacial score (nSPS) is 13.0. The maximum absolute atomic E-state index is 5.64. The molecule has 0 bridgehead atoms. The molecule has 1 atom stereocenters. The van der Waals surface area contributed by atoms with Gasteiger partial charge in [0.1, 0.15) is 11.1 Å².